The van der Waals surface area contributed by atoms with Gasteiger partial charge >= 0.3 is 0 Å². The topological polar surface area (TPSA) is 94.9 Å². The summed E-state index contributed by atoms with van der Waals surface area (Å²) >= 11 is 1.39. The summed E-state index contributed by atoms with van der Waals surface area (Å²) in [4.78, 5) is 10.2. The summed E-state index contributed by atoms with van der Waals surface area (Å²) in [7, 11) is 0. The van der Waals surface area contributed by atoms with Crippen LogP contribution in [0.5, 0.6) is 0 Å². The minimum atomic E-state index is -0.441. The van der Waals surface area contributed by atoms with Gasteiger partial charge in [0.2, 0.25) is 0 Å². The molecule has 0 bridgehead atoms. The Balaban J connectivity index is 0.00000144. The third-order valence-electron chi connectivity index (χ3n) is 2.08. The minimum Gasteiger partial charge on any atom is -0.398 e. The van der Waals surface area contributed by atoms with Crippen LogP contribution in [0.15, 0.2) is 23.7 Å². The fourth-order valence-corrected chi connectivity index (χ4v) is 1.84. The lowest BCUT2D eigenvalue weighted by Crippen LogP contribution is -1.98. The zero-order valence-electron chi connectivity index (χ0n) is 8.66. The molecular formula is C9H10N4O2S2. The molecule has 6 nitrogen and oxygen atoms in total. The second kappa shape index (κ2) is 5.60. The first-order valence-corrected chi connectivity index (χ1v) is 5.32. The van der Waals surface area contributed by atoms with Crippen LogP contribution in [-0.4, -0.2) is 15.1 Å². The smallest absolute Gasteiger partial charge is 0.269 e. The second-order valence-electron chi connectivity index (χ2n) is 3.15. The molecule has 0 spiro atoms. The Hall–Kier alpha value is -1.67. The molecule has 0 aliphatic carbocycles. The first-order chi connectivity index (χ1) is 7.66. The van der Waals surface area contributed by atoms with Crippen LogP contribution in [0, 0.1) is 10.1 Å². The van der Waals surface area contributed by atoms with Crippen molar-refractivity contribution in [3.8, 4) is 0 Å². The molecule has 2 rings (SSSR count). The molecule has 0 fully saturated rings. The Bertz CT molecular complexity index is 516. The van der Waals surface area contributed by atoms with Gasteiger partial charge in [-0.3, -0.25) is 10.1 Å². The van der Waals surface area contributed by atoms with Gasteiger partial charge in [0.1, 0.15) is 10.5 Å². The highest BCUT2D eigenvalue weighted by Gasteiger charge is 2.10. The number of hydrogen-bond acceptors (Lipinski definition) is 6. The van der Waals surface area contributed by atoms with Crippen molar-refractivity contribution in [2.45, 2.75) is 6.42 Å². The lowest BCUT2D eigenvalue weighted by atomic mass is 10.1. The molecule has 0 aliphatic rings. The van der Waals surface area contributed by atoms with E-state index in [1.807, 2.05) is 0 Å². The zero-order chi connectivity index (χ0) is 11.5. The molecule has 0 atom stereocenters. The van der Waals surface area contributed by atoms with Gasteiger partial charge in [-0.2, -0.15) is 13.5 Å². The number of aromatic nitrogens is 2. The van der Waals surface area contributed by atoms with Gasteiger partial charge in [0.05, 0.1) is 4.92 Å². The van der Waals surface area contributed by atoms with Crippen molar-refractivity contribution in [1.29, 1.82) is 0 Å². The largest absolute Gasteiger partial charge is 0.398 e. The van der Waals surface area contributed by atoms with Crippen molar-refractivity contribution >= 4 is 36.2 Å². The third kappa shape index (κ3) is 3.14. The molecule has 0 unspecified atom stereocenters. The summed E-state index contributed by atoms with van der Waals surface area (Å²) in [6.45, 7) is 0. The molecule has 0 radical (unpaired) electrons. The summed E-state index contributed by atoms with van der Waals surface area (Å²) in [5.74, 6) is 0. The SMILES string of the molecule is Nc1ccc([N+](=O)[O-])cc1Cc1nncs1.S. The summed E-state index contributed by atoms with van der Waals surface area (Å²) in [6, 6.07) is 4.39. The molecule has 90 valence electrons. The van der Waals surface area contributed by atoms with Crippen molar-refractivity contribution in [2.75, 3.05) is 5.73 Å². The number of nitro benzene ring substituents is 1. The molecule has 2 N–H and O–H groups in total. The van der Waals surface area contributed by atoms with Gasteiger partial charge in [0.25, 0.3) is 5.69 Å². The summed E-state index contributed by atoms with van der Waals surface area (Å²) < 4.78 is 0. The highest BCUT2D eigenvalue weighted by atomic mass is 32.1. The van der Waals surface area contributed by atoms with E-state index in [4.69, 9.17) is 5.73 Å². The van der Waals surface area contributed by atoms with E-state index in [1.165, 1.54) is 29.5 Å². The van der Waals surface area contributed by atoms with E-state index >= 15 is 0 Å². The maximum atomic E-state index is 10.6. The van der Waals surface area contributed by atoms with Crippen molar-refractivity contribution in [3.63, 3.8) is 0 Å². The maximum Gasteiger partial charge on any atom is 0.269 e. The Kier molecular flexibility index (Phi) is 4.41. The molecule has 0 aliphatic heterocycles. The Morgan fingerprint density at radius 3 is 2.82 bits per heavy atom. The molecule has 0 saturated carbocycles. The summed E-state index contributed by atoms with van der Waals surface area (Å²) in [6.07, 6.45) is 0.470. The van der Waals surface area contributed by atoms with Crippen molar-refractivity contribution < 1.29 is 4.92 Å². The van der Waals surface area contributed by atoms with Crippen molar-refractivity contribution in [2.24, 2.45) is 0 Å². The monoisotopic (exact) mass is 270 g/mol. The van der Waals surface area contributed by atoms with Crippen molar-refractivity contribution in [3.05, 3.63) is 44.4 Å². The van der Waals surface area contributed by atoms with Crippen molar-refractivity contribution in [1.82, 2.24) is 10.2 Å². The Morgan fingerprint density at radius 2 is 2.24 bits per heavy atom. The number of nitrogens with two attached hydrogens (primary N) is 1. The van der Waals surface area contributed by atoms with Gasteiger partial charge in [0.15, 0.2) is 0 Å². The van der Waals surface area contributed by atoms with Crippen LogP contribution in [-0.2, 0) is 6.42 Å². The van der Waals surface area contributed by atoms with Crippen LogP contribution < -0.4 is 5.73 Å². The first-order valence-electron chi connectivity index (χ1n) is 4.44. The number of non-ortho nitro benzene ring substituents is 1. The van der Waals surface area contributed by atoms with Crippen LogP contribution in [0.1, 0.15) is 10.6 Å². The normalized spacial score (nSPS) is 9.65. The number of nitrogen functional groups attached to an aromatic ring is 1. The predicted molar refractivity (Wildman–Crippen MR) is 70.6 cm³/mol. The molecule has 8 heteroatoms. The number of nitrogens with zero attached hydrogens (tertiary/aromatic N) is 3. The number of anilines is 1. The minimum absolute atomic E-state index is 0. The van der Waals surface area contributed by atoms with Gasteiger partial charge in [0, 0.05) is 24.2 Å². The van der Waals surface area contributed by atoms with Gasteiger partial charge in [-0.15, -0.1) is 21.5 Å². The van der Waals surface area contributed by atoms with E-state index < -0.39 is 4.92 Å². The summed E-state index contributed by atoms with van der Waals surface area (Å²) in [5, 5.41) is 19.0. The average Bonchev–Trinajstić information content (AvgIpc) is 2.73. The highest BCUT2D eigenvalue weighted by Crippen LogP contribution is 2.22. The van der Waals surface area contributed by atoms with Gasteiger partial charge in [-0.25, -0.2) is 0 Å². The Labute approximate surface area is 108 Å². The van der Waals surface area contributed by atoms with E-state index in [9.17, 15) is 10.1 Å². The molecule has 0 saturated heterocycles. The molecule has 1 aromatic heterocycles. The van der Waals surface area contributed by atoms with E-state index in [0.717, 1.165) is 5.01 Å². The summed E-state index contributed by atoms with van der Waals surface area (Å²) in [5.41, 5.74) is 8.62. The maximum absolute atomic E-state index is 10.6. The van der Waals surface area contributed by atoms with E-state index in [1.54, 1.807) is 5.51 Å². The van der Waals surface area contributed by atoms with Gasteiger partial charge in [-0.1, -0.05) is 0 Å². The first kappa shape index (κ1) is 13.4. The molecule has 1 aromatic carbocycles. The van der Waals surface area contributed by atoms with E-state index in [-0.39, 0.29) is 19.2 Å². The quantitative estimate of drug-likeness (QED) is 0.520. The van der Waals surface area contributed by atoms with Crippen LogP contribution in [0.4, 0.5) is 11.4 Å². The number of rotatable bonds is 3. The fraction of sp³-hybridized carbons (Fsp3) is 0.111. The molecule has 2 aromatic rings. The standard InChI is InChI=1S/C9H8N4O2S.H2S/c10-8-2-1-7(13(14)15)3-6(8)4-9-12-11-5-16-9;/h1-3,5H,4,10H2;1H2. The van der Waals surface area contributed by atoms with Gasteiger partial charge in [-0.05, 0) is 11.6 Å². The number of hydrogen-bond donors (Lipinski definition) is 1. The van der Waals surface area contributed by atoms with Crippen LogP contribution in [0.3, 0.4) is 0 Å². The lowest BCUT2D eigenvalue weighted by molar-refractivity contribution is -0.384. The molecule has 0 amide bonds. The van der Waals surface area contributed by atoms with E-state index in [2.05, 4.69) is 10.2 Å². The highest BCUT2D eigenvalue weighted by molar-refractivity contribution is 7.59. The van der Waals surface area contributed by atoms with Crippen LogP contribution in [0.25, 0.3) is 0 Å². The van der Waals surface area contributed by atoms with Gasteiger partial charge < -0.3 is 5.73 Å². The lowest BCUT2D eigenvalue weighted by Gasteiger charge is -2.02. The average molecular weight is 270 g/mol. The fourth-order valence-electron chi connectivity index (χ4n) is 1.29. The molecule has 1 heterocycles. The predicted octanol–water partition coefficient (Wildman–Crippen LogP) is 1.73. The number of benzene rings is 1. The third-order valence-corrected chi connectivity index (χ3v) is 2.78. The number of nitro groups is 1. The van der Waals surface area contributed by atoms with E-state index in [0.29, 0.717) is 17.7 Å². The Morgan fingerprint density at radius 1 is 1.47 bits per heavy atom. The molecular weight excluding hydrogens is 260 g/mol. The molecule has 17 heavy (non-hydrogen) atoms. The second-order valence-corrected chi connectivity index (χ2v) is 4.07. The van der Waals surface area contributed by atoms with Crippen LogP contribution in [0.2, 0.25) is 0 Å². The zero-order valence-corrected chi connectivity index (χ0v) is 10.5. The van der Waals surface area contributed by atoms with Crippen LogP contribution >= 0.6 is 24.8 Å².